The summed E-state index contributed by atoms with van der Waals surface area (Å²) in [7, 11) is 5.35. The van der Waals surface area contributed by atoms with Gasteiger partial charge in [0.25, 0.3) is 0 Å². The third kappa shape index (κ3) is 5.28. The minimum Gasteiger partial charge on any atom is -0.493 e. The van der Waals surface area contributed by atoms with Crippen LogP contribution in [0, 0.1) is 0 Å². The second kappa shape index (κ2) is 9.34. The van der Waals surface area contributed by atoms with E-state index in [-0.39, 0.29) is 6.10 Å². The lowest BCUT2D eigenvalue weighted by Crippen LogP contribution is -2.42. The molecule has 0 aliphatic carbocycles. The van der Waals surface area contributed by atoms with Crippen molar-refractivity contribution in [1.29, 1.82) is 0 Å². The summed E-state index contributed by atoms with van der Waals surface area (Å²) in [4.78, 5) is 6.90. The van der Waals surface area contributed by atoms with Crippen molar-refractivity contribution in [2.75, 3.05) is 59.4 Å². The number of anilines is 1. The Morgan fingerprint density at radius 2 is 2.12 bits per heavy atom. The van der Waals surface area contributed by atoms with Gasteiger partial charge in [-0.05, 0) is 26.1 Å². The summed E-state index contributed by atoms with van der Waals surface area (Å²) in [5.41, 5.74) is 0.883. The van der Waals surface area contributed by atoms with Gasteiger partial charge in [0.1, 0.15) is 0 Å². The maximum atomic E-state index is 5.75. The number of methoxy groups -OCH3 is 2. The third-order valence-electron chi connectivity index (χ3n) is 3.79. The van der Waals surface area contributed by atoms with E-state index < -0.39 is 0 Å². The van der Waals surface area contributed by atoms with Gasteiger partial charge in [0, 0.05) is 31.4 Å². The Morgan fingerprint density at radius 1 is 1.33 bits per heavy atom. The van der Waals surface area contributed by atoms with Gasteiger partial charge >= 0.3 is 0 Å². The molecule has 0 saturated carbocycles. The minimum atomic E-state index is 0.129. The third-order valence-corrected chi connectivity index (χ3v) is 3.79. The van der Waals surface area contributed by atoms with Gasteiger partial charge in [-0.25, -0.2) is 0 Å². The van der Waals surface area contributed by atoms with Crippen molar-refractivity contribution in [2.24, 2.45) is 4.99 Å². The van der Waals surface area contributed by atoms with Gasteiger partial charge in [-0.15, -0.1) is 0 Å². The van der Waals surface area contributed by atoms with Gasteiger partial charge in [-0.3, -0.25) is 4.99 Å². The van der Waals surface area contributed by atoms with Gasteiger partial charge in [0.15, 0.2) is 17.5 Å². The number of benzene rings is 1. The van der Waals surface area contributed by atoms with Crippen molar-refractivity contribution in [3.8, 4) is 11.5 Å². The van der Waals surface area contributed by atoms with E-state index in [9.17, 15) is 0 Å². The molecule has 7 nitrogen and oxygen atoms in total. The second-order valence-corrected chi connectivity index (χ2v) is 5.67. The van der Waals surface area contributed by atoms with Gasteiger partial charge in [0.05, 0.1) is 33.5 Å². The number of likely N-dealkylation sites (N-methyl/N-ethyl adjacent to an activating group) is 1. The van der Waals surface area contributed by atoms with E-state index >= 15 is 0 Å². The fourth-order valence-corrected chi connectivity index (χ4v) is 2.53. The number of aliphatic imine (C=N–C) groups is 1. The molecule has 24 heavy (non-hydrogen) atoms. The SMILES string of the molecule is CCNC(=NCC1CN(C)CCO1)Nc1ccc(OC)c(OC)c1. The first-order valence-corrected chi connectivity index (χ1v) is 8.23. The van der Waals surface area contributed by atoms with Crippen LogP contribution in [0.4, 0.5) is 5.69 Å². The molecule has 1 aromatic rings. The lowest BCUT2D eigenvalue weighted by Gasteiger charge is -2.29. The Bertz CT molecular complexity index is 551. The summed E-state index contributed by atoms with van der Waals surface area (Å²) in [6, 6.07) is 5.68. The van der Waals surface area contributed by atoms with Crippen molar-refractivity contribution in [2.45, 2.75) is 13.0 Å². The zero-order valence-corrected chi connectivity index (χ0v) is 15.0. The maximum absolute atomic E-state index is 5.75. The quantitative estimate of drug-likeness (QED) is 0.605. The molecule has 1 unspecified atom stereocenters. The Balaban J connectivity index is 2.03. The topological polar surface area (TPSA) is 67.4 Å². The molecule has 0 spiro atoms. The zero-order valence-electron chi connectivity index (χ0n) is 15.0. The predicted molar refractivity (Wildman–Crippen MR) is 96.4 cm³/mol. The lowest BCUT2D eigenvalue weighted by molar-refractivity contribution is -0.0136. The second-order valence-electron chi connectivity index (χ2n) is 5.67. The summed E-state index contributed by atoms with van der Waals surface area (Å²) in [5, 5.41) is 6.54. The van der Waals surface area contributed by atoms with Crippen LogP contribution in [-0.4, -0.2) is 71.0 Å². The van der Waals surface area contributed by atoms with Crippen molar-refractivity contribution >= 4 is 11.6 Å². The predicted octanol–water partition coefficient (Wildman–Crippen LogP) is 1.41. The van der Waals surface area contributed by atoms with E-state index in [4.69, 9.17) is 14.2 Å². The number of rotatable bonds is 6. The maximum Gasteiger partial charge on any atom is 0.195 e. The number of morpholine rings is 1. The molecule has 134 valence electrons. The molecule has 1 heterocycles. The van der Waals surface area contributed by atoms with Gasteiger partial charge in [-0.1, -0.05) is 0 Å². The van der Waals surface area contributed by atoms with E-state index in [1.807, 2.05) is 25.1 Å². The van der Waals surface area contributed by atoms with Crippen LogP contribution < -0.4 is 20.1 Å². The van der Waals surface area contributed by atoms with E-state index in [1.165, 1.54) is 0 Å². The number of nitrogens with one attached hydrogen (secondary N) is 2. The summed E-state index contributed by atoms with van der Waals surface area (Å²) < 4.78 is 16.3. The van der Waals surface area contributed by atoms with Crippen molar-refractivity contribution in [1.82, 2.24) is 10.2 Å². The number of ether oxygens (including phenoxy) is 3. The van der Waals surface area contributed by atoms with Crippen molar-refractivity contribution in [3.05, 3.63) is 18.2 Å². The molecule has 0 radical (unpaired) electrons. The van der Waals surface area contributed by atoms with E-state index in [0.717, 1.165) is 37.9 Å². The molecule has 1 aliphatic rings. The summed E-state index contributed by atoms with van der Waals surface area (Å²) in [5.74, 6) is 2.10. The Morgan fingerprint density at radius 3 is 2.79 bits per heavy atom. The molecule has 1 fully saturated rings. The van der Waals surface area contributed by atoms with Gasteiger partial charge < -0.3 is 29.7 Å². The van der Waals surface area contributed by atoms with Crippen LogP contribution in [0.3, 0.4) is 0 Å². The van der Waals surface area contributed by atoms with E-state index in [0.29, 0.717) is 18.0 Å². The fraction of sp³-hybridized carbons (Fsp3) is 0.588. The highest BCUT2D eigenvalue weighted by Crippen LogP contribution is 2.29. The van der Waals surface area contributed by atoms with E-state index in [2.05, 4.69) is 27.6 Å². The largest absolute Gasteiger partial charge is 0.493 e. The van der Waals surface area contributed by atoms with Gasteiger partial charge in [0.2, 0.25) is 0 Å². The first-order valence-electron chi connectivity index (χ1n) is 8.23. The van der Waals surface area contributed by atoms with Crippen LogP contribution in [0.2, 0.25) is 0 Å². The first kappa shape index (κ1) is 18.4. The monoisotopic (exact) mass is 336 g/mol. The molecule has 1 saturated heterocycles. The highest BCUT2D eigenvalue weighted by molar-refractivity contribution is 5.93. The number of hydrogen-bond acceptors (Lipinski definition) is 5. The number of guanidine groups is 1. The van der Waals surface area contributed by atoms with Crippen LogP contribution in [-0.2, 0) is 4.74 Å². The molecule has 1 atom stereocenters. The molecular weight excluding hydrogens is 308 g/mol. The molecular formula is C17H28N4O3. The van der Waals surface area contributed by atoms with Crippen LogP contribution in [0.25, 0.3) is 0 Å². The summed E-state index contributed by atoms with van der Waals surface area (Å²) in [6.45, 7) is 6.08. The smallest absolute Gasteiger partial charge is 0.195 e. The Hall–Kier alpha value is -1.99. The van der Waals surface area contributed by atoms with Gasteiger partial charge in [-0.2, -0.15) is 0 Å². The molecule has 1 aliphatic heterocycles. The minimum absolute atomic E-state index is 0.129. The van der Waals surface area contributed by atoms with Crippen LogP contribution in [0.1, 0.15) is 6.92 Å². The first-order chi connectivity index (χ1) is 11.7. The Kier molecular flexibility index (Phi) is 7.14. The normalized spacial score (nSPS) is 19.0. The Labute approximate surface area is 144 Å². The van der Waals surface area contributed by atoms with Crippen molar-refractivity contribution < 1.29 is 14.2 Å². The molecule has 2 N–H and O–H groups in total. The average Bonchev–Trinajstić information content (AvgIpc) is 2.60. The molecule has 2 rings (SSSR count). The summed E-state index contributed by atoms with van der Waals surface area (Å²) in [6.07, 6.45) is 0.129. The number of hydrogen-bond donors (Lipinski definition) is 2. The van der Waals surface area contributed by atoms with Crippen LogP contribution in [0.15, 0.2) is 23.2 Å². The summed E-state index contributed by atoms with van der Waals surface area (Å²) >= 11 is 0. The molecule has 0 bridgehead atoms. The lowest BCUT2D eigenvalue weighted by atomic mass is 10.2. The molecule has 1 aromatic carbocycles. The zero-order chi connectivity index (χ0) is 17.4. The molecule has 0 amide bonds. The molecule has 7 heteroatoms. The molecule has 0 aromatic heterocycles. The average molecular weight is 336 g/mol. The van der Waals surface area contributed by atoms with Crippen LogP contribution >= 0.6 is 0 Å². The van der Waals surface area contributed by atoms with Crippen LogP contribution in [0.5, 0.6) is 11.5 Å². The fourth-order valence-electron chi connectivity index (χ4n) is 2.53. The van der Waals surface area contributed by atoms with Crippen molar-refractivity contribution in [3.63, 3.8) is 0 Å². The highest BCUT2D eigenvalue weighted by Gasteiger charge is 2.17. The number of nitrogens with zero attached hydrogens (tertiary/aromatic N) is 2. The van der Waals surface area contributed by atoms with E-state index in [1.54, 1.807) is 14.2 Å². The standard InChI is InChI=1S/C17H28N4O3/c1-5-18-17(19-11-14-12-21(2)8-9-24-14)20-13-6-7-15(22-3)16(10-13)23-4/h6-7,10,14H,5,8-9,11-12H2,1-4H3,(H2,18,19,20). The highest BCUT2D eigenvalue weighted by atomic mass is 16.5.